The molecule has 2 aromatic heterocycles. The Morgan fingerprint density at radius 3 is 2.63 bits per heavy atom. The van der Waals surface area contributed by atoms with Gasteiger partial charge < -0.3 is 10.1 Å². The highest BCUT2D eigenvalue weighted by atomic mass is 35.5. The Hall–Kier alpha value is -3.09. The Labute approximate surface area is 183 Å². The molecule has 0 fully saturated rings. The van der Waals surface area contributed by atoms with Crippen LogP contribution in [0.3, 0.4) is 0 Å². The minimum atomic E-state index is -0.397. The third kappa shape index (κ3) is 3.97. The number of aromatic nitrogens is 3. The SMILES string of the molecule is CCOc1ccc(-c2cc(C)n3nc(C(=O)Nc4cccc(Cl)c4Cl)cc3n2)cc1. The fraction of sp³-hybridized carbons (Fsp3) is 0.136. The highest BCUT2D eigenvalue weighted by Crippen LogP contribution is 2.30. The van der Waals surface area contributed by atoms with E-state index in [2.05, 4.69) is 15.4 Å². The van der Waals surface area contributed by atoms with Gasteiger partial charge in [-0.2, -0.15) is 5.10 Å². The van der Waals surface area contributed by atoms with Gasteiger partial charge in [0.1, 0.15) is 5.75 Å². The Bertz CT molecular complexity index is 1240. The number of carbonyl (C=O) groups is 1. The van der Waals surface area contributed by atoms with Crippen LogP contribution in [0.5, 0.6) is 5.75 Å². The lowest BCUT2D eigenvalue weighted by atomic mass is 10.1. The molecule has 2 aromatic carbocycles. The van der Waals surface area contributed by atoms with Gasteiger partial charge in [0, 0.05) is 17.3 Å². The number of nitrogens with one attached hydrogen (secondary N) is 1. The van der Waals surface area contributed by atoms with Gasteiger partial charge in [-0.05, 0) is 56.3 Å². The van der Waals surface area contributed by atoms with Crippen LogP contribution >= 0.6 is 23.2 Å². The van der Waals surface area contributed by atoms with Crippen LogP contribution in [0.2, 0.25) is 10.0 Å². The van der Waals surface area contributed by atoms with E-state index in [-0.39, 0.29) is 10.7 Å². The van der Waals surface area contributed by atoms with E-state index >= 15 is 0 Å². The molecular weight excluding hydrogens is 423 g/mol. The van der Waals surface area contributed by atoms with Gasteiger partial charge in [-0.1, -0.05) is 29.3 Å². The molecule has 30 heavy (non-hydrogen) atoms. The second-order valence-electron chi connectivity index (χ2n) is 6.60. The molecular formula is C22H18Cl2N4O2. The maximum absolute atomic E-state index is 12.7. The maximum Gasteiger partial charge on any atom is 0.276 e. The van der Waals surface area contributed by atoms with Crippen molar-refractivity contribution in [3.05, 3.63) is 76.0 Å². The minimum Gasteiger partial charge on any atom is -0.494 e. The third-order valence-corrected chi connectivity index (χ3v) is 5.32. The third-order valence-electron chi connectivity index (χ3n) is 4.50. The number of ether oxygens (including phenoxy) is 1. The zero-order valence-corrected chi connectivity index (χ0v) is 17.8. The number of amides is 1. The highest BCUT2D eigenvalue weighted by molar-refractivity contribution is 6.44. The number of aryl methyl sites for hydroxylation is 1. The topological polar surface area (TPSA) is 68.5 Å². The number of rotatable bonds is 5. The zero-order valence-electron chi connectivity index (χ0n) is 16.3. The molecule has 0 saturated carbocycles. The lowest BCUT2D eigenvalue weighted by Gasteiger charge is -2.07. The van der Waals surface area contributed by atoms with Gasteiger partial charge in [-0.15, -0.1) is 0 Å². The molecule has 0 atom stereocenters. The van der Waals surface area contributed by atoms with E-state index in [1.165, 1.54) is 0 Å². The van der Waals surface area contributed by atoms with Crippen LogP contribution in [0.25, 0.3) is 16.9 Å². The van der Waals surface area contributed by atoms with Crippen molar-refractivity contribution in [1.29, 1.82) is 0 Å². The van der Waals surface area contributed by atoms with Crippen molar-refractivity contribution in [3.63, 3.8) is 0 Å². The first-order valence-corrected chi connectivity index (χ1v) is 10.1. The molecule has 1 amide bonds. The molecule has 0 aliphatic rings. The predicted molar refractivity (Wildman–Crippen MR) is 119 cm³/mol. The summed E-state index contributed by atoms with van der Waals surface area (Å²) >= 11 is 12.2. The van der Waals surface area contributed by atoms with Crippen LogP contribution < -0.4 is 10.1 Å². The average molecular weight is 441 g/mol. The average Bonchev–Trinajstić information content (AvgIpc) is 3.17. The summed E-state index contributed by atoms with van der Waals surface area (Å²) in [5.74, 6) is 0.411. The van der Waals surface area contributed by atoms with Crippen molar-refractivity contribution in [2.75, 3.05) is 11.9 Å². The van der Waals surface area contributed by atoms with Crippen LogP contribution in [-0.2, 0) is 0 Å². The van der Waals surface area contributed by atoms with Crippen LogP contribution in [-0.4, -0.2) is 27.1 Å². The van der Waals surface area contributed by atoms with Crippen LogP contribution in [0.4, 0.5) is 5.69 Å². The number of carbonyl (C=O) groups excluding carboxylic acids is 1. The molecule has 0 aliphatic heterocycles. The summed E-state index contributed by atoms with van der Waals surface area (Å²) in [6, 6.07) is 16.3. The molecule has 1 N–H and O–H groups in total. The predicted octanol–water partition coefficient (Wildman–Crippen LogP) is 5.66. The molecule has 0 bridgehead atoms. The fourth-order valence-corrected chi connectivity index (χ4v) is 3.41. The summed E-state index contributed by atoms with van der Waals surface area (Å²) in [6.07, 6.45) is 0. The molecule has 152 valence electrons. The van der Waals surface area contributed by atoms with E-state index in [1.54, 1.807) is 28.8 Å². The molecule has 0 aliphatic carbocycles. The molecule has 0 spiro atoms. The zero-order chi connectivity index (χ0) is 21.3. The monoisotopic (exact) mass is 440 g/mol. The Morgan fingerprint density at radius 2 is 1.90 bits per heavy atom. The first-order chi connectivity index (χ1) is 14.5. The minimum absolute atomic E-state index is 0.227. The summed E-state index contributed by atoms with van der Waals surface area (Å²) in [5.41, 5.74) is 3.80. The van der Waals surface area contributed by atoms with Crippen molar-refractivity contribution < 1.29 is 9.53 Å². The van der Waals surface area contributed by atoms with Gasteiger partial charge >= 0.3 is 0 Å². The maximum atomic E-state index is 12.7. The molecule has 6 nitrogen and oxygen atoms in total. The van der Waals surface area contributed by atoms with E-state index in [4.69, 9.17) is 27.9 Å². The van der Waals surface area contributed by atoms with Crippen molar-refractivity contribution in [2.45, 2.75) is 13.8 Å². The molecule has 0 unspecified atom stereocenters. The van der Waals surface area contributed by atoms with Gasteiger partial charge in [0.2, 0.25) is 0 Å². The van der Waals surface area contributed by atoms with Gasteiger partial charge in [-0.3, -0.25) is 4.79 Å². The summed E-state index contributed by atoms with van der Waals surface area (Å²) in [7, 11) is 0. The number of hydrogen-bond acceptors (Lipinski definition) is 4. The van der Waals surface area contributed by atoms with Gasteiger partial charge in [0.25, 0.3) is 5.91 Å². The number of nitrogens with zero attached hydrogens (tertiary/aromatic N) is 3. The molecule has 8 heteroatoms. The first-order valence-electron chi connectivity index (χ1n) is 9.32. The van der Waals surface area contributed by atoms with Crippen molar-refractivity contribution in [2.24, 2.45) is 0 Å². The number of hydrogen-bond donors (Lipinski definition) is 1. The van der Waals surface area contributed by atoms with Crippen molar-refractivity contribution >= 4 is 40.4 Å². The molecule has 0 saturated heterocycles. The molecule has 0 radical (unpaired) electrons. The Balaban J connectivity index is 1.64. The summed E-state index contributed by atoms with van der Waals surface area (Å²) in [6.45, 7) is 4.47. The molecule has 4 aromatic rings. The van der Waals surface area contributed by atoms with Crippen LogP contribution in [0.15, 0.2) is 54.6 Å². The molecule has 4 rings (SSSR count). The fourth-order valence-electron chi connectivity index (χ4n) is 3.06. The van der Waals surface area contributed by atoms with Crippen LogP contribution in [0, 0.1) is 6.92 Å². The van der Waals surface area contributed by atoms with Gasteiger partial charge in [0.15, 0.2) is 11.3 Å². The normalized spacial score (nSPS) is 10.9. The standard InChI is InChI=1S/C22H18Cl2N4O2/c1-3-30-15-9-7-14(8-10-15)18-11-13(2)28-20(25-18)12-19(27-28)22(29)26-17-6-4-5-16(23)21(17)24/h4-12H,3H2,1-2H3,(H,26,29). The van der Waals surface area contributed by atoms with E-state index < -0.39 is 5.91 Å². The van der Waals surface area contributed by atoms with E-state index in [0.717, 1.165) is 22.7 Å². The van der Waals surface area contributed by atoms with Crippen molar-refractivity contribution in [1.82, 2.24) is 14.6 Å². The Morgan fingerprint density at radius 1 is 1.13 bits per heavy atom. The summed E-state index contributed by atoms with van der Waals surface area (Å²) in [5, 5.41) is 7.76. The summed E-state index contributed by atoms with van der Waals surface area (Å²) < 4.78 is 7.12. The van der Waals surface area contributed by atoms with E-state index in [1.807, 2.05) is 44.2 Å². The number of halogens is 2. The van der Waals surface area contributed by atoms with Crippen molar-refractivity contribution in [3.8, 4) is 17.0 Å². The summed E-state index contributed by atoms with van der Waals surface area (Å²) in [4.78, 5) is 17.3. The second-order valence-corrected chi connectivity index (χ2v) is 7.38. The first kappa shape index (κ1) is 20.2. The number of anilines is 1. The van der Waals surface area contributed by atoms with E-state index in [0.29, 0.717) is 23.0 Å². The second kappa shape index (κ2) is 8.34. The number of fused-ring (bicyclic) bond motifs is 1. The lowest BCUT2D eigenvalue weighted by molar-refractivity contribution is 0.102. The highest BCUT2D eigenvalue weighted by Gasteiger charge is 2.16. The quantitative estimate of drug-likeness (QED) is 0.434. The van der Waals surface area contributed by atoms with Gasteiger partial charge in [-0.25, -0.2) is 9.50 Å². The van der Waals surface area contributed by atoms with Crippen LogP contribution in [0.1, 0.15) is 23.1 Å². The number of benzene rings is 2. The smallest absolute Gasteiger partial charge is 0.276 e. The largest absolute Gasteiger partial charge is 0.494 e. The Kier molecular flexibility index (Phi) is 5.61. The van der Waals surface area contributed by atoms with E-state index in [9.17, 15) is 4.79 Å². The molecule has 2 heterocycles. The van der Waals surface area contributed by atoms with Gasteiger partial charge in [0.05, 0.1) is 28.0 Å². The lowest BCUT2D eigenvalue weighted by Crippen LogP contribution is -2.13.